The first-order valence-electron chi connectivity index (χ1n) is 9.58. The van der Waals surface area contributed by atoms with Crippen LogP contribution in [0.4, 0.5) is 0 Å². The third kappa shape index (κ3) is 4.21. The number of rotatable bonds is 5. The molecule has 0 N–H and O–H groups in total. The molecule has 6 nitrogen and oxygen atoms in total. The molecule has 1 aliphatic carbocycles. The Morgan fingerprint density at radius 2 is 1.85 bits per heavy atom. The molecule has 2 aromatic rings. The predicted molar refractivity (Wildman–Crippen MR) is 101 cm³/mol. The van der Waals surface area contributed by atoms with Crippen LogP contribution < -0.4 is 9.47 Å². The zero-order valence-electron chi connectivity index (χ0n) is 15.9. The maximum absolute atomic E-state index is 12.4. The molecule has 1 saturated heterocycles. The van der Waals surface area contributed by atoms with Gasteiger partial charge in [0.2, 0.25) is 11.8 Å². The molecule has 1 saturated carbocycles. The number of methoxy groups -OCH3 is 1. The van der Waals surface area contributed by atoms with E-state index in [0.717, 1.165) is 49.5 Å². The molecule has 2 aliphatic rings. The van der Waals surface area contributed by atoms with Gasteiger partial charge in [0, 0.05) is 36.7 Å². The lowest BCUT2D eigenvalue weighted by atomic mass is 9.96. The maximum Gasteiger partial charge on any atom is 0.225 e. The first-order chi connectivity index (χ1) is 13.1. The van der Waals surface area contributed by atoms with Crippen LogP contribution in [0.3, 0.4) is 0 Å². The first-order valence-corrected chi connectivity index (χ1v) is 9.58. The third-order valence-electron chi connectivity index (χ3n) is 5.15. The van der Waals surface area contributed by atoms with Gasteiger partial charge in [-0.3, -0.25) is 4.79 Å². The van der Waals surface area contributed by atoms with Gasteiger partial charge in [-0.1, -0.05) is 0 Å². The molecule has 4 rings (SSSR count). The standard InChI is InChI=1S/C21H25N3O3/c1-14-12-19(27-18-9-7-17(26-2)8-10-18)23-20(22-14)16-4-3-11-24(13-16)21(25)15-5-6-15/h7-10,12,15-16H,3-6,11,13H2,1-2H3/t16-/m0/s1. The molecule has 1 aliphatic heterocycles. The van der Waals surface area contributed by atoms with Crippen LogP contribution in [0.1, 0.15) is 43.1 Å². The summed E-state index contributed by atoms with van der Waals surface area (Å²) < 4.78 is 11.1. The Hall–Kier alpha value is -2.63. The van der Waals surface area contributed by atoms with Gasteiger partial charge in [0.15, 0.2) is 0 Å². The van der Waals surface area contributed by atoms with Crippen LogP contribution in [0, 0.1) is 12.8 Å². The molecule has 0 bridgehead atoms. The summed E-state index contributed by atoms with van der Waals surface area (Å²) in [5.74, 6) is 3.52. The molecule has 6 heteroatoms. The van der Waals surface area contributed by atoms with E-state index in [4.69, 9.17) is 9.47 Å². The number of carbonyl (C=O) groups excluding carboxylic acids is 1. The van der Waals surface area contributed by atoms with Crippen LogP contribution in [0.25, 0.3) is 0 Å². The second kappa shape index (κ2) is 7.55. The van der Waals surface area contributed by atoms with Gasteiger partial charge in [-0.2, -0.15) is 4.98 Å². The monoisotopic (exact) mass is 367 g/mol. The minimum Gasteiger partial charge on any atom is -0.497 e. The van der Waals surface area contributed by atoms with Gasteiger partial charge in [-0.25, -0.2) is 4.98 Å². The van der Waals surface area contributed by atoms with Crippen LogP contribution in [0.5, 0.6) is 17.4 Å². The molecular weight excluding hydrogens is 342 g/mol. The molecule has 1 atom stereocenters. The van der Waals surface area contributed by atoms with Gasteiger partial charge in [0.05, 0.1) is 7.11 Å². The normalized spacial score (nSPS) is 19.6. The van der Waals surface area contributed by atoms with E-state index in [-0.39, 0.29) is 11.8 Å². The van der Waals surface area contributed by atoms with Gasteiger partial charge < -0.3 is 14.4 Å². The van der Waals surface area contributed by atoms with Crippen molar-refractivity contribution >= 4 is 5.91 Å². The van der Waals surface area contributed by atoms with E-state index in [9.17, 15) is 4.79 Å². The maximum atomic E-state index is 12.4. The number of ether oxygens (including phenoxy) is 2. The van der Waals surface area contributed by atoms with Crippen LogP contribution in [0.2, 0.25) is 0 Å². The molecule has 142 valence electrons. The Kier molecular flexibility index (Phi) is 4.97. The minimum absolute atomic E-state index is 0.166. The number of aryl methyl sites for hydroxylation is 1. The van der Waals surface area contributed by atoms with Crippen molar-refractivity contribution in [3.63, 3.8) is 0 Å². The Balaban J connectivity index is 1.49. The molecule has 1 amide bonds. The molecule has 0 spiro atoms. The lowest BCUT2D eigenvalue weighted by Gasteiger charge is -2.32. The summed E-state index contributed by atoms with van der Waals surface area (Å²) in [5.41, 5.74) is 0.870. The van der Waals surface area contributed by atoms with Gasteiger partial charge in [-0.15, -0.1) is 0 Å². The van der Waals surface area contributed by atoms with Gasteiger partial charge in [0.25, 0.3) is 0 Å². The van der Waals surface area contributed by atoms with E-state index in [2.05, 4.69) is 9.97 Å². The van der Waals surface area contributed by atoms with Gasteiger partial charge in [-0.05, 0) is 56.9 Å². The lowest BCUT2D eigenvalue weighted by molar-refractivity contribution is -0.133. The fraction of sp³-hybridized carbons (Fsp3) is 0.476. The smallest absolute Gasteiger partial charge is 0.225 e. The highest BCUT2D eigenvalue weighted by molar-refractivity contribution is 5.81. The highest BCUT2D eigenvalue weighted by Crippen LogP contribution is 2.34. The van der Waals surface area contributed by atoms with Crippen molar-refractivity contribution in [3.8, 4) is 17.4 Å². The summed E-state index contributed by atoms with van der Waals surface area (Å²) in [4.78, 5) is 23.7. The molecule has 0 radical (unpaired) electrons. The minimum atomic E-state index is 0.166. The second-order valence-corrected chi connectivity index (χ2v) is 7.38. The summed E-state index contributed by atoms with van der Waals surface area (Å²) in [6.45, 7) is 3.51. The lowest BCUT2D eigenvalue weighted by Crippen LogP contribution is -2.40. The summed E-state index contributed by atoms with van der Waals surface area (Å²) >= 11 is 0. The van der Waals surface area contributed by atoms with E-state index in [1.165, 1.54) is 0 Å². The first kappa shape index (κ1) is 17.8. The van der Waals surface area contributed by atoms with Crippen molar-refractivity contribution in [2.24, 2.45) is 5.92 Å². The van der Waals surface area contributed by atoms with E-state index < -0.39 is 0 Å². The Labute approximate surface area is 159 Å². The summed E-state index contributed by atoms with van der Waals surface area (Å²) in [6, 6.07) is 9.25. The van der Waals surface area contributed by atoms with Crippen LogP contribution in [-0.4, -0.2) is 41.0 Å². The average Bonchev–Trinajstić information content (AvgIpc) is 3.53. The predicted octanol–water partition coefficient (Wildman–Crippen LogP) is 3.70. The van der Waals surface area contributed by atoms with Crippen molar-refractivity contribution in [1.82, 2.24) is 14.9 Å². The largest absolute Gasteiger partial charge is 0.497 e. The highest BCUT2D eigenvalue weighted by atomic mass is 16.5. The number of amides is 1. The molecular formula is C21H25N3O3. The third-order valence-corrected chi connectivity index (χ3v) is 5.15. The van der Waals surface area contributed by atoms with E-state index in [1.54, 1.807) is 7.11 Å². The second-order valence-electron chi connectivity index (χ2n) is 7.38. The molecule has 2 heterocycles. The Morgan fingerprint density at radius 3 is 2.56 bits per heavy atom. The number of benzene rings is 1. The Bertz CT molecular complexity index is 818. The van der Waals surface area contributed by atoms with Crippen molar-refractivity contribution in [2.75, 3.05) is 20.2 Å². The van der Waals surface area contributed by atoms with Crippen molar-refractivity contribution in [2.45, 2.75) is 38.5 Å². The molecule has 0 unspecified atom stereocenters. The number of hydrogen-bond acceptors (Lipinski definition) is 5. The Morgan fingerprint density at radius 1 is 1.11 bits per heavy atom. The number of carbonyl (C=O) groups is 1. The van der Waals surface area contributed by atoms with Gasteiger partial charge >= 0.3 is 0 Å². The van der Waals surface area contributed by atoms with Crippen LogP contribution in [0.15, 0.2) is 30.3 Å². The summed E-state index contributed by atoms with van der Waals surface area (Å²) in [5, 5.41) is 0. The summed E-state index contributed by atoms with van der Waals surface area (Å²) in [6.07, 6.45) is 4.08. The number of hydrogen-bond donors (Lipinski definition) is 0. The van der Waals surface area contributed by atoms with E-state index in [0.29, 0.717) is 24.1 Å². The highest BCUT2D eigenvalue weighted by Gasteiger charge is 2.36. The fourth-order valence-electron chi connectivity index (χ4n) is 3.54. The van der Waals surface area contributed by atoms with Crippen LogP contribution in [-0.2, 0) is 4.79 Å². The quantitative estimate of drug-likeness (QED) is 0.806. The van der Waals surface area contributed by atoms with Gasteiger partial charge in [0.1, 0.15) is 17.3 Å². The molecule has 1 aromatic carbocycles. The fourth-order valence-corrected chi connectivity index (χ4v) is 3.54. The van der Waals surface area contributed by atoms with E-state index >= 15 is 0 Å². The number of aromatic nitrogens is 2. The molecule has 27 heavy (non-hydrogen) atoms. The zero-order chi connectivity index (χ0) is 18.8. The van der Waals surface area contributed by atoms with Crippen LogP contribution >= 0.6 is 0 Å². The molecule has 1 aromatic heterocycles. The van der Waals surface area contributed by atoms with E-state index in [1.807, 2.05) is 42.2 Å². The van der Waals surface area contributed by atoms with Crippen molar-refractivity contribution in [3.05, 3.63) is 41.9 Å². The van der Waals surface area contributed by atoms with Crippen molar-refractivity contribution < 1.29 is 14.3 Å². The summed E-state index contributed by atoms with van der Waals surface area (Å²) in [7, 11) is 1.64. The zero-order valence-corrected chi connectivity index (χ0v) is 15.9. The topological polar surface area (TPSA) is 64.6 Å². The molecule has 2 fully saturated rings. The number of likely N-dealkylation sites (tertiary alicyclic amines) is 1. The SMILES string of the molecule is COc1ccc(Oc2cc(C)nc([C@H]3CCCN(C(=O)C4CC4)C3)n2)cc1. The number of nitrogens with zero attached hydrogens (tertiary/aromatic N) is 3. The number of piperidine rings is 1. The van der Waals surface area contributed by atoms with Crippen molar-refractivity contribution in [1.29, 1.82) is 0 Å². The average molecular weight is 367 g/mol.